The largest absolute Gasteiger partial charge is 0.388 e. The van der Waals surface area contributed by atoms with Crippen molar-refractivity contribution in [2.75, 3.05) is 18.1 Å². The Morgan fingerprint density at radius 2 is 2.27 bits per heavy atom. The predicted octanol–water partition coefficient (Wildman–Crippen LogP) is 2.27. The Labute approximate surface area is 131 Å². The van der Waals surface area contributed by atoms with Crippen LogP contribution in [-0.2, 0) is 5.75 Å². The maximum atomic E-state index is 7.62. The summed E-state index contributed by atoms with van der Waals surface area (Å²) in [6.07, 6.45) is 1.37. The summed E-state index contributed by atoms with van der Waals surface area (Å²) in [5.41, 5.74) is 9.92. The number of anilines is 2. The molecule has 7 nitrogen and oxygen atoms in total. The van der Waals surface area contributed by atoms with Crippen molar-refractivity contribution < 1.29 is 0 Å². The SMILES string of the molecule is CNc1cccc(CSc2cc(N)nc3n[nH]nc23)c1C=N. The van der Waals surface area contributed by atoms with Gasteiger partial charge in [-0.15, -0.1) is 16.9 Å². The van der Waals surface area contributed by atoms with Crippen LogP contribution in [0.4, 0.5) is 11.5 Å². The minimum Gasteiger partial charge on any atom is -0.388 e. The van der Waals surface area contributed by atoms with E-state index in [1.807, 2.05) is 25.2 Å². The molecule has 1 aromatic carbocycles. The van der Waals surface area contributed by atoms with Crippen LogP contribution in [0.5, 0.6) is 0 Å². The second kappa shape index (κ2) is 6.02. The molecular weight excluding hydrogens is 298 g/mol. The number of nitrogens with zero attached hydrogens (tertiary/aromatic N) is 3. The van der Waals surface area contributed by atoms with Crippen molar-refractivity contribution in [3.63, 3.8) is 0 Å². The van der Waals surface area contributed by atoms with Crippen molar-refractivity contribution in [1.82, 2.24) is 20.4 Å². The third kappa shape index (κ3) is 2.60. The minimum absolute atomic E-state index is 0.417. The fraction of sp³-hybridized carbons (Fsp3) is 0.143. The highest BCUT2D eigenvalue weighted by Crippen LogP contribution is 2.31. The lowest BCUT2D eigenvalue weighted by Crippen LogP contribution is -1.99. The number of aromatic amines is 1. The molecule has 0 spiro atoms. The first-order valence-electron chi connectivity index (χ1n) is 6.63. The van der Waals surface area contributed by atoms with Crippen molar-refractivity contribution in [3.8, 4) is 0 Å². The molecular formula is C14H15N7S. The van der Waals surface area contributed by atoms with Gasteiger partial charge in [-0.1, -0.05) is 12.1 Å². The molecule has 3 aromatic rings. The number of fused-ring (bicyclic) bond motifs is 1. The molecule has 0 amide bonds. The van der Waals surface area contributed by atoms with Crippen molar-refractivity contribution in [3.05, 3.63) is 35.4 Å². The first kappa shape index (κ1) is 14.3. The Balaban J connectivity index is 1.91. The molecule has 22 heavy (non-hydrogen) atoms. The van der Waals surface area contributed by atoms with E-state index in [4.69, 9.17) is 11.1 Å². The maximum Gasteiger partial charge on any atom is 0.204 e. The number of benzene rings is 1. The van der Waals surface area contributed by atoms with E-state index in [-0.39, 0.29) is 0 Å². The van der Waals surface area contributed by atoms with Crippen molar-refractivity contribution in [1.29, 1.82) is 5.41 Å². The van der Waals surface area contributed by atoms with Crippen LogP contribution in [0.1, 0.15) is 11.1 Å². The smallest absolute Gasteiger partial charge is 0.204 e. The number of H-pyrrole nitrogens is 1. The number of hydrogen-bond acceptors (Lipinski definition) is 7. The van der Waals surface area contributed by atoms with Crippen LogP contribution < -0.4 is 11.1 Å². The Bertz CT molecular complexity index is 827. The normalized spacial score (nSPS) is 10.8. The number of nitrogens with two attached hydrogens (primary N) is 1. The van der Waals surface area contributed by atoms with Gasteiger partial charge in [0.05, 0.1) is 0 Å². The third-order valence-corrected chi connectivity index (χ3v) is 4.35. The van der Waals surface area contributed by atoms with Crippen LogP contribution in [0, 0.1) is 5.41 Å². The molecule has 0 aliphatic carbocycles. The first-order valence-corrected chi connectivity index (χ1v) is 7.61. The van der Waals surface area contributed by atoms with Crippen LogP contribution >= 0.6 is 11.8 Å². The molecule has 0 aliphatic rings. The summed E-state index contributed by atoms with van der Waals surface area (Å²) in [5, 5.41) is 21.4. The van der Waals surface area contributed by atoms with Gasteiger partial charge < -0.3 is 16.5 Å². The highest BCUT2D eigenvalue weighted by molar-refractivity contribution is 7.98. The van der Waals surface area contributed by atoms with Crippen LogP contribution in [0.25, 0.3) is 11.2 Å². The molecule has 2 heterocycles. The van der Waals surface area contributed by atoms with E-state index >= 15 is 0 Å². The number of nitrogens with one attached hydrogen (secondary N) is 3. The number of rotatable bonds is 5. The molecule has 8 heteroatoms. The average Bonchev–Trinajstić information content (AvgIpc) is 3.00. The van der Waals surface area contributed by atoms with Gasteiger partial charge in [0.2, 0.25) is 5.65 Å². The molecule has 0 aliphatic heterocycles. The molecule has 5 N–H and O–H groups in total. The molecule has 112 valence electrons. The lowest BCUT2D eigenvalue weighted by atomic mass is 10.1. The number of aromatic nitrogens is 4. The zero-order valence-corrected chi connectivity index (χ0v) is 12.7. The fourth-order valence-corrected chi connectivity index (χ4v) is 3.26. The molecule has 0 saturated carbocycles. The fourth-order valence-electron chi connectivity index (χ4n) is 2.22. The van der Waals surface area contributed by atoms with Crippen molar-refractivity contribution >= 4 is 40.6 Å². The van der Waals surface area contributed by atoms with Gasteiger partial charge in [0.25, 0.3) is 0 Å². The first-order chi connectivity index (χ1) is 10.7. The molecule has 3 rings (SSSR count). The van der Waals surface area contributed by atoms with E-state index in [9.17, 15) is 0 Å². The van der Waals surface area contributed by atoms with E-state index in [0.717, 1.165) is 21.7 Å². The number of hydrogen-bond donors (Lipinski definition) is 4. The highest BCUT2D eigenvalue weighted by Gasteiger charge is 2.11. The third-order valence-electron chi connectivity index (χ3n) is 3.27. The molecule has 0 bridgehead atoms. The summed E-state index contributed by atoms with van der Waals surface area (Å²) in [6, 6.07) is 7.73. The van der Waals surface area contributed by atoms with Crippen LogP contribution in [0.15, 0.2) is 29.2 Å². The van der Waals surface area contributed by atoms with Crippen LogP contribution in [-0.4, -0.2) is 33.7 Å². The Morgan fingerprint density at radius 3 is 3.05 bits per heavy atom. The van der Waals surface area contributed by atoms with Crippen molar-refractivity contribution in [2.45, 2.75) is 10.6 Å². The minimum atomic E-state index is 0.417. The van der Waals surface area contributed by atoms with E-state index < -0.39 is 0 Å². The van der Waals surface area contributed by atoms with Gasteiger partial charge in [0, 0.05) is 35.2 Å². The molecule has 0 radical (unpaired) electrons. The van der Waals surface area contributed by atoms with E-state index in [1.165, 1.54) is 6.21 Å². The van der Waals surface area contributed by atoms with Gasteiger partial charge in [-0.05, 0) is 17.7 Å². The van der Waals surface area contributed by atoms with Gasteiger partial charge in [0.1, 0.15) is 11.3 Å². The number of pyridine rings is 1. The average molecular weight is 313 g/mol. The van der Waals surface area contributed by atoms with E-state index in [0.29, 0.717) is 22.7 Å². The topological polar surface area (TPSA) is 116 Å². The van der Waals surface area contributed by atoms with Gasteiger partial charge in [-0.25, -0.2) is 4.98 Å². The van der Waals surface area contributed by atoms with Gasteiger partial charge in [-0.2, -0.15) is 10.3 Å². The molecule has 0 saturated heterocycles. The van der Waals surface area contributed by atoms with Crippen molar-refractivity contribution in [2.24, 2.45) is 0 Å². The Morgan fingerprint density at radius 1 is 1.41 bits per heavy atom. The van der Waals surface area contributed by atoms with Crippen LogP contribution in [0.2, 0.25) is 0 Å². The van der Waals surface area contributed by atoms with Gasteiger partial charge in [-0.3, -0.25) is 0 Å². The van der Waals surface area contributed by atoms with Crippen LogP contribution in [0.3, 0.4) is 0 Å². The summed E-state index contributed by atoms with van der Waals surface area (Å²) < 4.78 is 0. The molecule has 0 unspecified atom stereocenters. The van der Waals surface area contributed by atoms with E-state index in [1.54, 1.807) is 17.8 Å². The zero-order valence-electron chi connectivity index (χ0n) is 11.9. The second-order valence-electron chi connectivity index (χ2n) is 4.60. The quantitative estimate of drug-likeness (QED) is 0.424. The standard InChI is InChI=1S/C14H15N7S/c1-17-10-4-2-3-8(9(10)6-15)7-22-11-5-12(16)18-14-13(11)19-21-20-14/h2-6,15,17H,7H2,1H3,(H3,16,18,19,20,21). The molecule has 2 aromatic heterocycles. The lowest BCUT2D eigenvalue weighted by molar-refractivity contribution is 0.953. The Hall–Kier alpha value is -2.61. The summed E-state index contributed by atoms with van der Waals surface area (Å²) in [5.74, 6) is 1.12. The lowest BCUT2D eigenvalue weighted by Gasteiger charge is -2.10. The molecule has 0 fully saturated rings. The summed E-state index contributed by atoms with van der Waals surface area (Å²) in [7, 11) is 1.85. The predicted molar refractivity (Wildman–Crippen MR) is 89.5 cm³/mol. The second-order valence-corrected chi connectivity index (χ2v) is 5.62. The molecule has 0 atom stereocenters. The number of thioether (sulfide) groups is 1. The summed E-state index contributed by atoms with van der Waals surface area (Å²) in [6.45, 7) is 0. The highest BCUT2D eigenvalue weighted by atomic mass is 32.2. The Kier molecular flexibility index (Phi) is 3.92. The van der Waals surface area contributed by atoms with Gasteiger partial charge in [0.15, 0.2) is 0 Å². The van der Waals surface area contributed by atoms with Gasteiger partial charge >= 0.3 is 0 Å². The number of nitrogen functional groups attached to an aromatic ring is 1. The maximum absolute atomic E-state index is 7.62. The monoisotopic (exact) mass is 313 g/mol. The zero-order chi connectivity index (χ0) is 15.5. The summed E-state index contributed by atoms with van der Waals surface area (Å²) >= 11 is 1.60. The summed E-state index contributed by atoms with van der Waals surface area (Å²) in [4.78, 5) is 5.04. The van der Waals surface area contributed by atoms with E-state index in [2.05, 4.69) is 25.7 Å².